The number of ketones is 1. The lowest BCUT2D eigenvalue weighted by Crippen LogP contribution is -2.59. The van der Waals surface area contributed by atoms with Gasteiger partial charge in [-0.25, -0.2) is 0 Å². The van der Waals surface area contributed by atoms with Gasteiger partial charge in [0.05, 0.1) is 17.3 Å². The van der Waals surface area contributed by atoms with Crippen LogP contribution in [0.15, 0.2) is 0 Å². The van der Waals surface area contributed by atoms with Crippen molar-refractivity contribution in [2.45, 2.75) is 175 Å². The average molecular weight is 719 g/mol. The molecule has 0 aromatic carbocycles. The highest BCUT2D eigenvalue weighted by atomic mass is 16.6. The number of fused-ring (bicyclic) bond motifs is 5. The molecular formula is C45H66O7. The Bertz CT molecular complexity index is 1520. The Morgan fingerprint density at radius 2 is 1.42 bits per heavy atom. The van der Waals surface area contributed by atoms with Crippen molar-refractivity contribution in [2.75, 3.05) is 0 Å². The molecule has 7 nitrogen and oxygen atoms in total. The molecule has 288 valence electrons. The first-order valence-corrected chi connectivity index (χ1v) is 21.6. The van der Waals surface area contributed by atoms with Crippen LogP contribution >= 0.6 is 0 Å². The summed E-state index contributed by atoms with van der Waals surface area (Å²) in [5.74, 6) is 3.83. The van der Waals surface area contributed by atoms with Crippen molar-refractivity contribution < 1.29 is 33.4 Å². The maximum atomic E-state index is 15.2. The molecule has 1 saturated heterocycles. The van der Waals surface area contributed by atoms with E-state index in [1.165, 1.54) is 38.5 Å². The van der Waals surface area contributed by atoms with Gasteiger partial charge in [-0.3, -0.25) is 19.2 Å². The predicted molar refractivity (Wildman–Crippen MR) is 195 cm³/mol. The van der Waals surface area contributed by atoms with Crippen LogP contribution in [0.25, 0.3) is 0 Å². The van der Waals surface area contributed by atoms with Crippen molar-refractivity contribution >= 4 is 23.7 Å². The van der Waals surface area contributed by atoms with E-state index in [9.17, 15) is 14.4 Å². The molecule has 12 unspecified atom stereocenters. The van der Waals surface area contributed by atoms with Gasteiger partial charge in [0.1, 0.15) is 23.6 Å². The Morgan fingerprint density at radius 3 is 2.06 bits per heavy atom. The van der Waals surface area contributed by atoms with E-state index in [-0.39, 0.29) is 59.2 Å². The molecule has 7 heteroatoms. The molecule has 1 aliphatic heterocycles. The Kier molecular flexibility index (Phi) is 7.95. The summed E-state index contributed by atoms with van der Waals surface area (Å²) in [7, 11) is 0. The first-order valence-electron chi connectivity index (χ1n) is 21.6. The van der Waals surface area contributed by atoms with Crippen molar-refractivity contribution in [1.82, 2.24) is 0 Å². The summed E-state index contributed by atoms with van der Waals surface area (Å²) in [5.41, 5.74) is -3.25. The van der Waals surface area contributed by atoms with E-state index in [2.05, 4.69) is 27.7 Å². The highest BCUT2D eigenvalue weighted by molar-refractivity contribution is 5.91. The number of esters is 3. The standard InChI is InChI=1S/C45H66O7/c1-8-42(6,39(49)52-44-18-28-10-29(19-44)17-41(5,16-28)23-44)24-43(7,38(48)50-34-14-31-13-33(34)36-32(31)15-35(46)51-36)22-40(3,4)37(47)45-20-26-9-27(21-45)12-30(11-26)25(45)2/h25-34,36H,8-24H2,1-7H3. The molecule has 0 aromatic heterocycles. The third-order valence-electron chi connectivity index (χ3n) is 17.8. The Morgan fingerprint density at radius 1 is 0.769 bits per heavy atom. The van der Waals surface area contributed by atoms with Gasteiger partial charge in [0, 0.05) is 22.7 Å². The second-order valence-corrected chi connectivity index (χ2v) is 22.6. The van der Waals surface area contributed by atoms with E-state index >= 15 is 4.79 Å². The second kappa shape index (κ2) is 11.6. The molecule has 0 aromatic rings. The molecule has 10 saturated carbocycles. The van der Waals surface area contributed by atoms with Gasteiger partial charge in [-0.15, -0.1) is 0 Å². The molecule has 0 spiro atoms. The fraction of sp³-hybridized carbons (Fsp3) is 0.911. The van der Waals surface area contributed by atoms with Gasteiger partial charge in [0.25, 0.3) is 0 Å². The molecule has 10 aliphatic carbocycles. The number of hydrogen-bond acceptors (Lipinski definition) is 7. The predicted octanol–water partition coefficient (Wildman–Crippen LogP) is 9.03. The van der Waals surface area contributed by atoms with Gasteiger partial charge in [0.2, 0.25) is 0 Å². The summed E-state index contributed by atoms with van der Waals surface area (Å²) in [5, 5.41) is 0. The van der Waals surface area contributed by atoms with Crippen LogP contribution in [0.2, 0.25) is 0 Å². The minimum absolute atomic E-state index is 0.0251. The van der Waals surface area contributed by atoms with E-state index in [0.29, 0.717) is 66.5 Å². The number of rotatable bonds is 11. The zero-order chi connectivity index (χ0) is 36.8. The molecule has 0 N–H and O–H groups in total. The molecule has 0 radical (unpaired) electrons. The van der Waals surface area contributed by atoms with E-state index in [4.69, 9.17) is 14.2 Å². The highest BCUT2D eigenvalue weighted by Gasteiger charge is 2.64. The minimum Gasteiger partial charge on any atom is -0.462 e. The summed E-state index contributed by atoms with van der Waals surface area (Å²) in [4.78, 5) is 57.0. The maximum absolute atomic E-state index is 15.2. The number of carbonyl (C=O) groups is 4. The zero-order valence-corrected chi connectivity index (χ0v) is 33.2. The molecule has 11 rings (SSSR count). The zero-order valence-electron chi connectivity index (χ0n) is 33.2. The summed E-state index contributed by atoms with van der Waals surface area (Å²) in [6.45, 7) is 14.9. The fourth-order valence-corrected chi connectivity index (χ4v) is 16.5. The Balaban J connectivity index is 0.995. The van der Waals surface area contributed by atoms with E-state index < -0.39 is 21.8 Å². The van der Waals surface area contributed by atoms with Gasteiger partial charge in [0.15, 0.2) is 0 Å². The first-order chi connectivity index (χ1) is 24.4. The Labute approximate surface area is 312 Å². The van der Waals surface area contributed by atoms with Gasteiger partial charge in [-0.2, -0.15) is 0 Å². The van der Waals surface area contributed by atoms with E-state index in [1.54, 1.807) is 0 Å². The lowest BCUT2D eigenvalue weighted by molar-refractivity contribution is -0.210. The first kappa shape index (κ1) is 35.8. The molecule has 12 atom stereocenters. The highest BCUT2D eigenvalue weighted by Crippen LogP contribution is 2.66. The normalized spacial score (nSPS) is 48.6. The number of ether oxygens (including phenoxy) is 3. The summed E-state index contributed by atoms with van der Waals surface area (Å²) >= 11 is 0. The van der Waals surface area contributed by atoms with Crippen LogP contribution in [-0.4, -0.2) is 41.5 Å². The Hall–Kier alpha value is -1.92. The van der Waals surface area contributed by atoms with Crippen LogP contribution < -0.4 is 0 Å². The van der Waals surface area contributed by atoms with Crippen LogP contribution in [0.3, 0.4) is 0 Å². The van der Waals surface area contributed by atoms with Crippen LogP contribution in [0, 0.1) is 80.3 Å². The molecule has 10 bridgehead atoms. The smallest absolute Gasteiger partial charge is 0.312 e. The van der Waals surface area contributed by atoms with Gasteiger partial charge < -0.3 is 14.2 Å². The van der Waals surface area contributed by atoms with Crippen molar-refractivity contribution in [1.29, 1.82) is 0 Å². The fourth-order valence-electron chi connectivity index (χ4n) is 16.5. The summed E-state index contributed by atoms with van der Waals surface area (Å²) in [6, 6.07) is 0. The molecule has 1 heterocycles. The van der Waals surface area contributed by atoms with Crippen molar-refractivity contribution in [3.05, 3.63) is 0 Å². The van der Waals surface area contributed by atoms with Crippen molar-refractivity contribution in [3.63, 3.8) is 0 Å². The molecule has 11 fully saturated rings. The van der Waals surface area contributed by atoms with Crippen LogP contribution in [0.1, 0.15) is 158 Å². The number of carbonyl (C=O) groups excluding carboxylic acids is 4. The lowest BCUT2D eigenvalue weighted by Gasteiger charge is -2.61. The van der Waals surface area contributed by atoms with Gasteiger partial charge >= 0.3 is 17.9 Å². The van der Waals surface area contributed by atoms with E-state index in [1.807, 2.05) is 20.8 Å². The number of hydrogen-bond donors (Lipinski definition) is 0. The monoisotopic (exact) mass is 718 g/mol. The second-order valence-electron chi connectivity index (χ2n) is 22.6. The molecule has 52 heavy (non-hydrogen) atoms. The molecule has 11 aliphatic rings. The van der Waals surface area contributed by atoms with Crippen LogP contribution in [0.5, 0.6) is 0 Å². The summed E-state index contributed by atoms with van der Waals surface area (Å²) < 4.78 is 19.1. The molecule has 0 amide bonds. The summed E-state index contributed by atoms with van der Waals surface area (Å²) in [6.07, 6.45) is 15.2. The van der Waals surface area contributed by atoms with Crippen molar-refractivity contribution in [3.8, 4) is 0 Å². The van der Waals surface area contributed by atoms with Crippen LogP contribution in [-0.2, 0) is 33.4 Å². The number of Topliss-reactive ketones (excluding diaryl/α,β-unsaturated/α-hetero) is 1. The average Bonchev–Trinajstić information content (AvgIpc) is 3.72. The largest absolute Gasteiger partial charge is 0.462 e. The minimum atomic E-state index is -1.09. The van der Waals surface area contributed by atoms with Gasteiger partial charge in [-0.1, -0.05) is 34.6 Å². The topological polar surface area (TPSA) is 96.0 Å². The third kappa shape index (κ3) is 5.43. The van der Waals surface area contributed by atoms with Crippen LogP contribution in [0.4, 0.5) is 0 Å². The lowest BCUT2D eigenvalue weighted by atomic mass is 9.42. The van der Waals surface area contributed by atoms with Crippen molar-refractivity contribution in [2.24, 2.45) is 80.3 Å². The maximum Gasteiger partial charge on any atom is 0.312 e. The SMILES string of the molecule is CCC(C)(CC(C)(CC(C)(C)C(=O)C12CC3CC(CC(C3)C1C)C2)C(=O)OC1CC2CC1C1OC(=O)CC21)C(=O)OC12CC3CC(CC(C)(C3)C1)C2. The third-order valence-corrected chi connectivity index (χ3v) is 17.8. The van der Waals surface area contributed by atoms with Gasteiger partial charge in [-0.05, 0) is 163 Å². The van der Waals surface area contributed by atoms with E-state index in [0.717, 1.165) is 44.9 Å². The molecular weight excluding hydrogens is 652 g/mol. The quantitative estimate of drug-likeness (QED) is 0.155.